The van der Waals surface area contributed by atoms with E-state index in [0.29, 0.717) is 18.7 Å². The van der Waals surface area contributed by atoms with Gasteiger partial charge in [-0.1, -0.05) is 36.4 Å². The summed E-state index contributed by atoms with van der Waals surface area (Å²) in [5.41, 5.74) is 1.57. The van der Waals surface area contributed by atoms with E-state index in [1.165, 1.54) is 12.1 Å². The molecule has 3 rings (SSSR count). The molecule has 3 nitrogen and oxygen atoms in total. The quantitative estimate of drug-likeness (QED) is 0.919. The number of nitrogens with one attached hydrogen (secondary N) is 1. The highest BCUT2D eigenvalue weighted by Crippen LogP contribution is 2.18. The zero-order chi connectivity index (χ0) is 14.7. The minimum atomic E-state index is -0.379. The Morgan fingerprint density at radius 2 is 1.95 bits per heavy atom. The highest BCUT2D eigenvalue weighted by atomic mass is 19.1. The average molecular weight is 284 g/mol. The zero-order valence-corrected chi connectivity index (χ0v) is 11.6. The van der Waals surface area contributed by atoms with Gasteiger partial charge in [-0.15, -0.1) is 0 Å². The fourth-order valence-corrected chi connectivity index (χ4v) is 2.65. The third-order valence-corrected chi connectivity index (χ3v) is 3.74. The molecule has 1 amide bonds. The Morgan fingerprint density at radius 1 is 1.14 bits per heavy atom. The fraction of sp³-hybridized carbons (Fsp3) is 0.235. The predicted molar refractivity (Wildman–Crippen MR) is 79.5 cm³/mol. The van der Waals surface area contributed by atoms with Gasteiger partial charge in [-0.25, -0.2) is 4.39 Å². The molecule has 0 radical (unpaired) electrons. The van der Waals surface area contributed by atoms with Crippen molar-refractivity contribution in [2.45, 2.75) is 6.04 Å². The maximum atomic E-state index is 13.3. The third-order valence-electron chi connectivity index (χ3n) is 3.74. The molecular formula is C17H17FN2O. The number of carbonyl (C=O) groups excluding carboxylic acids is 1. The molecule has 1 aliphatic rings. The van der Waals surface area contributed by atoms with Crippen molar-refractivity contribution in [3.63, 3.8) is 0 Å². The van der Waals surface area contributed by atoms with Gasteiger partial charge in [0.1, 0.15) is 5.82 Å². The maximum absolute atomic E-state index is 13.3. The molecule has 0 saturated carbocycles. The standard InChI is InChI=1S/C17H17FN2O/c18-15-8-4-7-14(11-15)17(21)20-10-9-19-16(12-20)13-5-2-1-3-6-13/h1-8,11,16,19H,9-10,12H2. The lowest BCUT2D eigenvalue weighted by atomic mass is 10.0. The summed E-state index contributed by atoms with van der Waals surface area (Å²) in [5, 5.41) is 3.42. The van der Waals surface area contributed by atoms with Crippen LogP contribution in [-0.4, -0.2) is 30.4 Å². The van der Waals surface area contributed by atoms with Gasteiger partial charge in [0.2, 0.25) is 0 Å². The molecule has 2 aromatic carbocycles. The van der Waals surface area contributed by atoms with Crippen molar-refractivity contribution >= 4 is 5.91 Å². The van der Waals surface area contributed by atoms with Crippen LogP contribution in [0.4, 0.5) is 4.39 Å². The molecule has 4 heteroatoms. The first-order valence-electron chi connectivity index (χ1n) is 7.07. The second-order valence-corrected chi connectivity index (χ2v) is 5.18. The second-order valence-electron chi connectivity index (χ2n) is 5.18. The summed E-state index contributed by atoms with van der Waals surface area (Å²) in [6.45, 7) is 1.97. The van der Waals surface area contributed by atoms with Gasteiger partial charge in [0, 0.05) is 31.2 Å². The van der Waals surface area contributed by atoms with Gasteiger partial charge in [-0.3, -0.25) is 4.79 Å². The number of piperazine rings is 1. The highest BCUT2D eigenvalue weighted by molar-refractivity contribution is 5.94. The molecule has 108 valence electrons. The largest absolute Gasteiger partial charge is 0.335 e. The summed E-state index contributed by atoms with van der Waals surface area (Å²) in [5.74, 6) is -0.493. The minimum absolute atomic E-state index is 0.114. The van der Waals surface area contributed by atoms with Gasteiger partial charge in [0.05, 0.1) is 0 Å². The number of carbonyl (C=O) groups is 1. The SMILES string of the molecule is O=C(c1cccc(F)c1)N1CCNC(c2ccccc2)C1. The normalized spacial score (nSPS) is 18.5. The smallest absolute Gasteiger partial charge is 0.254 e. The summed E-state index contributed by atoms with van der Waals surface area (Å²) in [7, 11) is 0. The van der Waals surface area contributed by atoms with E-state index in [4.69, 9.17) is 0 Å². The number of hydrogen-bond donors (Lipinski definition) is 1. The van der Waals surface area contributed by atoms with Crippen molar-refractivity contribution in [2.24, 2.45) is 0 Å². The van der Waals surface area contributed by atoms with Crippen LogP contribution in [0.3, 0.4) is 0 Å². The third kappa shape index (κ3) is 3.11. The summed E-state index contributed by atoms with van der Waals surface area (Å²) >= 11 is 0. The van der Waals surface area contributed by atoms with Gasteiger partial charge in [-0.05, 0) is 23.8 Å². The number of hydrogen-bond acceptors (Lipinski definition) is 2. The van der Waals surface area contributed by atoms with Crippen LogP contribution in [0.25, 0.3) is 0 Å². The Bertz CT molecular complexity index is 630. The van der Waals surface area contributed by atoms with Crippen LogP contribution in [0.5, 0.6) is 0 Å². The minimum Gasteiger partial charge on any atom is -0.335 e. The molecule has 1 heterocycles. The molecule has 21 heavy (non-hydrogen) atoms. The van der Waals surface area contributed by atoms with E-state index in [1.807, 2.05) is 30.3 Å². The molecule has 0 aromatic heterocycles. The monoisotopic (exact) mass is 284 g/mol. The van der Waals surface area contributed by atoms with Crippen LogP contribution in [0, 0.1) is 5.82 Å². The van der Waals surface area contributed by atoms with Gasteiger partial charge in [-0.2, -0.15) is 0 Å². The molecular weight excluding hydrogens is 267 g/mol. The number of nitrogens with zero attached hydrogens (tertiary/aromatic N) is 1. The molecule has 0 bridgehead atoms. The Balaban J connectivity index is 1.75. The van der Waals surface area contributed by atoms with Crippen LogP contribution >= 0.6 is 0 Å². The molecule has 1 atom stereocenters. The van der Waals surface area contributed by atoms with Crippen molar-refractivity contribution in [3.05, 3.63) is 71.5 Å². The van der Waals surface area contributed by atoms with Gasteiger partial charge in [0.25, 0.3) is 5.91 Å². The van der Waals surface area contributed by atoms with Crippen LogP contribution in [0.15, 0.2) is 54.6 Å². The lowest BCUT2D eigenvalue weighted by molar-refractivity contribution is 0.0702. The molecule has 1 aliphatic heterocycles. The van der Waals surface area contributed by atoms with Crippen molar-refractivity contribution < 1.29 is 9.18 Å². The summed E-state index contributed by atoms with van der Waals surface area (Å²) in [6, 6.07) is 16.0. The molecule has 1 unspecified atom stereocenters. The molecule has 0 aliphatic carbocycles. The van der Waals surface area contributed by atoms with Crippen molar-refractivity contribution in [1.29, 1.82) is 0 Å². The Morgan fingerprint density at radius 3 is 2.71 bits per heavy atom. The first-order valence-corrected chi connectivity index (χ1v) is 7.07. The van der Waals surface area contributed by atoms with E-state index in [1.54, 1.807) is 17.0 Å². The van der Waals surface area contributed by atoms with Gasteiger partial charge >= 0.3 is 0 Å². The number of amides is 1. The van der Waals surface area contributed by atoms with Gasteiger partial charge in [0.15, 0.2) is 0 Å². The summed E-state index contributed by atoms with van der Waals surface area (Å²) in [6.07, 6.45) is 0. The van der Waals surface area contributed by atoms with E-state index < -0.39 is 0 Å². The summed E-state index contributed by atoms with van der Waals surface area (Å²) < 4.78 is 13.3. The van der Waals surface area contributed by atoms with Crippen molar-refractivity contribution in [3.8, 4) is 0 Å². The van der Waals surface area contributed by atoms with Crippen molar-refractivity contribution in [1.82, 2.24) is 10.2 Å². The number of halogens is 1. The van der Waals surface area contributed by atoms with E-state index in [2.05, 4.69) is 5.32 Å². The van der Waals surface area contributed by atoms with Gasteiger partial charge < -0.3 is 10.2 Å². The van der Waals surface area contributed by atoms with Crippen LogP contribution in [0.2, 0.25) is 0 Å². The van der Waals surface area contributed by atoms with Crippen molar-refractivity contribution in [2.75, 3.05) is 19.6 Å². The maximum Gasteiger partial charge on any atom is 0.254 e. The first-order chi connectivity index (χ1) is 10.2. The van der Waals surface area contributed by atoms with Crippen LogP contribution < -0.4 is 5.32 Å². The first kappa shape index (κ1) is 13.8. The zero-order valence-electron chi connectivity index (χ0n) is 11.6. The number of benzene rings is 2. The molecule has 1 saturated heterocycles. The molecule has 2 aromatic rings. The van der Waals surface area contributed by atoms with Crippen LogP contribution in [-0.2, 0) is 0 Å². The topological polar surface area (TPSA) is 32.3 Å². The number of rotatable bonds is 2. The van der Waals surface area contributed by atoms with E-state index >= 15 is 0 Å². The molecule has 1 fully saturated rings. The average Bonchev–Trinajstić information content (AvgIpc) is 2.55. The predicted octanol–water partition coefficient (Wildman–Crippen LogP) is 2.61. The van der Waals surface area contributed by atoms with E-state index in [-0.39, 0.29) is 17.8 Å². The Kier molecular flexibility index (Phi) is 3.97. The lowest BCUT2D eigenvalue weighted by Gasteiger charge is -2.34. The lowest BCUT2D eigenvalue weighted by Crippen LogP contribution is -2.48. The second kappa shape index (κ2) is 6.06. The fourth-order valence-electron chi connectivity index (χ4n) is 2.65. The Hall–Kier alpha value is -2.20. The molecule has 0 spiro atoms. The molecule has 1 N–H and O–H groups in total. The highest BCUT2D eigenvalue weighted by Gasteiger charge is 2.25. The van der Waals surface area contributed by atoms with E-state index in [0.717, 1.165) is 12.1 Å². The van der Waals surface area contributed by atoms with E-state index in [9.17, 15) is 9.18 Å². The Labute approximate surface area is 123 Å². The van der Waals surface area contributed by atoms with Crippen LogP contribution in [0.1, 0.15) is 22.0 Å². The summed E-state index contributed by atoms with van der Waals surface area (Å²) in [4.78, 5) is 14.2.